The van der Waals surface area contributed by atoms with Crippen molar-refractivity contribution < 1.29 is 8.42 Å². The van der Waals surface area contributed by atoms with Crippen LogP contribution in [0.1, 0.15) is 26.2 Å². The van der Waals surface area contributed by atoms with Gasteiger partial charge in [-0.1, -0.05) is 6.92 Å². The molecule has 2 saturated heterocycles. The van der Waals surface area contributed by atoms with Gasteiger partial charge in [-0.25, -0.2) is 0 Å². The predicted octanol–water partition coefficient (Wildman–Crippen LogP) is 0.0108. The third-order valence-corrected chi connectivity index (χ3v) is 5.61. The largest absolute Gasteiger partial charge is 0.315 e. The number of hydrogen-bond donors (Lipinski definition) is 1. The van der Waals surface area contributed by atoms with Gasteiger partial charge in [-0.15, -0.1) is 0 Å². The fourth-order valence-electron chi connectivity index (χ4n) is 2.56. The normalized spacial score (nSPS) is 28.0. The fourth-order valence-corrected chi connectivity index (χ4v) is 4.46. The van der Waals surface area contributed by atoms with Gasteiger partial charge in [-0.05, 0) is 25.8 Å². The lowest BCUT2D eigenvalue weighted by molar-refractivity contribution is 0.315. The summed E-state index contributed by atoms with van der Waals surface area (Å²) in [4.78, 5) is 0. The van der Waals surface area contributed by atoms with E-state index in [0.29, 0.717) is 19.6 Å². The molecule has 0 aliphatic carbocycles. The van der Waals surface area contributed by atoms with Crippen molar-refractivity contribution in [3.63, 3.8) is 0 Å². The van der Waals surface area contributed by atoms with E-state index in [0.717, 1.165) is 32.4 Å². The minimum Gasteiger partial charge on any atom is -0.315 e. The zero-order chi connectivity index (χ0) is 11.6. The van der Waals surface area contributed by atoms with Crippen molar-refractivity contribution in [3.05, 3.63) is 0 Å². The summed E-state index contributed by atoms with van der Waals surface area (Å²) in [5.41, 5.74) is 0. The fraction of sp³-hybridized carbons (Fsp3) is 1.00. The minimum absolute atomic E-state index is 0.149. The molecule has 2 fully saturated rings. The summed E-state index contributed by atoms with van der Waals surface area (Å²) in [6, 6.07) is 0.149. The summed E-state index contributed by atoms with van der Waals surface area (Å²) in [5.74, 6) is 0. The monoisotopic (exact) mass is 247 g/mol. The predicted molar refractivity (Wildman–Crippen MR) is 63.4 cm³/mol. The Morgan fingerprint density at radius 3 is 2.56 bits per heavy atom. The zero-order valence-electron chi connectivity index (χ0n) is 9.85. The molecule has 2 aliphatic heterocycles. The van der Waals surface area contributed by atoms with Crippen LogP contribution in [0.3, 0.4) is 0 Å². The van der Waals surface area contributed by atoms with Gasteiger partial charge in [0.1, 0.15) is 0 Å². The molecule has 6 heteroatoms. The summed E-state index contributed by atoms with van der Waals surface area (Å²) in [5, 5.41) is 3.23. The first-order valence-electron chi connectivity index (χ1n) is 6.14. The van der Waals surface area contributed by atoms with Crippen LogP contribution in [-0.2, 0) is 10.2 Å². The molecule has 1 atom stereocenters. The Kier molecular flexibility index (Phi) is 3.84. The lowest BCUT2D eigenvalue weighted by atomic mass is 10.3. The van der Waals surface area contributed by atoms with Crippen LogP contribution in [0.15, 0.2) is 0 Å². The number of likely N-dealkylation sites (N-methyl/N-ethyl adjacent to an activating group) is 1. The molecule has 2 aliphatic rings. The molecule has 5 nitrogen and oxygen atoms in total. The lowest BCUT2D eigenvalue weighted by Crippen LogP contribution is -2.48. The van der Waals surface area contributed by atoms with E-state index in [1.807, 2.05) is 6.92 Å². The molecule has 0 aromatic carbocycles. The smallest absolute Gasteiger partial charge is 0.282 e. The topological polar surface area (TPSA) is 52.7 Å². The van der Waals surface area contributed by atoms with E-state index in [1.54, 1.807) is 8.61 Å². The van der Waals surface area contributed by atoms with E-state index in [1.165, 1.54) is 0 Å². The molecule has 2 rings (SSSR count). The molecular weight excluding hydrogens is 226 g/mol. The van der Waals surface area contributed by atoms with Gasteiger partial charge in [0.25, 0.3) is 10.2 Å². The second-order valence-electron chi connectivity index (χ2n) is 4.46. The molecule has 0 radical (unpaired) electrons. The first-order chi connectivity index (χ1) is 7.66. The Morgan fingerprint density at radius 2 is 2.06 bits per heavy atom. The molecule has 0 spiro atoms. The number of hydrogen-bond acceptors (Lipinski definition) is 3. The van der Waals surface area contributed by atoms with Crippen LogP contribution in [0.5, 0.6) is 0 Å². The highest BCUT2D eigenvalue weighted by atomic mass is 32.2. The van der Waals surface area contributed by atoms with E-state index in [2.05, 4.69) is 5.32 Å². The summed E-state index contributed by atoms with van der Waals surface area (Å²) in [6.07, 6.45) is 2.93. The van der Waals surface area contributed by atoms with Crippen molar-refractivity contribution >= 4 is 10.2 Å². The van der Waals surface area contributed by atoms with Gasteiger partial charge in [0, 0.05) is 32.2 Å². The van der Waals surface area contributed by atoms with Gasteiger partial charge >= 0.3 is 0 Å². The van der Waals surface area contributed by atoms with E-state index >= 15 is 0 Å². The van der Waals surface area contributed by atoms with Crippen molar-refractivity contribution in [2.24, 2.45) is 0 Å². The van der Waals surface area contributed by atoms with Gasteiger partial charge in [-0.3, -0.25) is 0 Å². The van der Waals surface area contributed by atoms with Crippen LogP contribution in [-0.4, -0.2) is 55.8 Å². The Labute approximate surface area is 98.0 Å². The quantitative estimate of drug-likeness (QED) is 0.761. The van der Waals surface area contributed by atoms with Crippen LogP contribution >= 0.6 is 0 Å². The van der Waals surface area contributed by atoms with Crippen LogP contribution in [0.25, 0.3) is 0 Å². The van der Waals surface area contributed by atoms with Crippen LogP contribution in [0.2, 0.25) is 0 Å². The molecule has 0 aromatic heterocycles. The van der Waals surface area contributed by atoms with E-state index < -0.39 is 10.2 Å². The van der Waals surface area contributed by atoms with Crippen LogP contribution in [0.4, 0.5) is 0 Å². The summed E-state index contributed by atoms with van der Waals surface area (Å²) >= 11 is 0. The molecule has 0 bridgehead atoms. The first-order valence-corrected chi connectivity index (χ1v) is 7.53. The van der Waals surface area contributed by atoms with Gasteiger partial charge in [0.05, 0.1) is 0 Å². The van der Waals surface area contributed by atoms with Gasteiger partial charge in [0.2, 0.25) is 0 Å². The third-order valence-electron chi connectivity index (χ3n) is 3.44. The standard InChI is InChI=1S/C10H21N3O2S/c1-2-13(10-5-6-11-9-10)16(14,15)12-7-3-4-8-12/h10-11H,2-9H2,1H3. The Hall–Kier alpha value is -0.170. The van der Waals surface area contributed by atoms with E-state index in [-0.39, 0.29) is 6.04 Å². The Bertz CT molecular complexity index is 319. The molecule has 0 amide bonds. The average Bonchev–Trinajstić information content (AvgIpc) is 2.91. The molecule has 16 heavy (non-hydrogen) atoms. The van der Waals surface area contributed by atoms with Crippen LogP contribution < -0.4 is 5.32 Å². The van der Waals surface area contributed by atoms with E-state index in [9.17, 15) is 8.42 Å². The summed E-state index contributed by atoms with van der Waals surface area (Å²) in [7, 11) is -3.21. The van der Waals surface area contributed by atoms with Crippen molar-refractivity contribution in [2.45, 2.75) is 32.2 Å². The second-order valence-corrected chi connectivity index (χ2v) is 6.34. The van der Waals surface area contributed by atoms with Crippen molar-refractivity contribution in [3.8, 4) is 0 Å². The average molecular weight is 247 g/mol. The third kappa shape index (κ3) is 2.25. The van der Waals surface area contributed by atoms with Crippen LogP contribution in [0, 0.1) is 0 Å². The number of rotatable bonds is 4. The molecule has 0 aromatic rings. The maximum absolute atomic E-state index is 12.4. The minimum atomic E-state index is -3.21. The molecule has 2 heterocycles. The van der Waals surface area contributed by atoms with Gasteiger partial charge in [-0.2, -0.15) is 17.0 Å². The zero-order valence-corrected chi connectivity index (χ0v) is 10.7. The summed E-state index contributed by atoms with van der Waals surface area (Å²) in [6.45, 7) is 5.60. The Balaban J connectivity index is 2.12. The number of nitrogens with one attached hydrogen (secondary N) is 1. The highest BCUT2D eigenvalue weighted by Gasteiger charge is 2.36. The maximum Gasteiger partial charge on any atom is 0.282 e. The molecule has 1 unspecified atom stereocenters. The Morgan fingerprint density at radius 1 is 1.38 bits per heavy atom. The highest BCUT2D eigenvalue weighted by molar-refractivity contribution is 7.86. The second kappa shape index (κ2) is 5.00. The first kappa shape index (κ1) is 12.3. The van der Waals surface area contributed by atoms with Crippen molar-refractivity contribution in [1.82, 2.24) is 13.9 Å². The number of nitrogens with zero attached hydrogens (tertiary/aromatic N) is 2. The maximum atomic E-state index is 12.4. The van der Waals surface area contributed by atoms with Gasteiger partial charge in [0.15, 0.2) is 0 Å². The molecule has 1 N–H and O–H groups in total. The highest BCUT2D eigenvalue weighted by Crippen LogP contribution is 2.20. The van der Waals surface area contributed by atoms with Gasteiger partial charge < -0.3 is 5.32 Å². The van der Waals surface area contributed by atoms with E-state index in [4.69, 9.17) is 0 Å². The molecule has 0 saturated carbocycles. The van der Waals surface area contributed by atoms with Crippen molar-refractivity contribution in [2.75, 3.05) is 32.7 Å². The SMILES string of the molecule is CCN(C1CCNC1)S(=O)(=O)N1CCCC1. The summed E-state index contributed by atoms with van der Waals surface area (Å²) < 4.78 is 28.0. The molecule has 94 valence electrons. The molecular formula is C10H21N3O2S. The lowest BCUT2D eigenvalue weighted by Gasteiger charge is -2.30. The van der Waals surface area contributed by atoms with Crippen molar-refractivity contribution in [1.29, 1.82) is 0 Å².